The van der Waals surface area contributed by atoms with E-state index < -0.39 is 0 Å². The van der Waals surface area contributed by atoms with Gasteiger partial charge in [-0.1, -0.05) is 6.07 Å². The number of hydrogen-bond acceptors (Lipinski definition) is 2. The van der Waals surface area contributed by atoms with Gasteiger partial charge in [0.05, 0.1) is 12.1 Å². The Morgan fingerprint density at radius 3 is 3.14 bits per heavy atom. The number of fused-ring (bicyclic) bond motifs is 1. The van der Waals surface area contributed by atoms with Crippen LogP contribution in [0.1, 0.15) is 5.82 Å². The maximum atomic E-state index is 13.1. The fourth-order valence-electron chi connectivity index (χ4n) is 1.27. The number of H-pyrrole nitrogens is 1. The lowest BCUT2D eigenvalue weighted by atomic mass is 10.3. The molecule has 0 spiro atoms. The van der Waals surface area contributed by atoms with Gasteiger partial charge < -0.3 is 10.3 Å². The molecule has 1 amide bonds. The van der Waals surface area contributed by atoms with Crippen molar-refractivity contribution in [3.63, 3.8) is 0 Å². The minimum absolute atomic E-state index is 0.275. The molecule has 0 aliphatic rings. The van der Waals surface area contributed by atoms with Gasteiger partial charge in [0.25, 0.3) is 0 Å². The van der Waals surface area contributed by atoms with Gasteiger partial charge in [-0.05, 0) is 12.1 Å². The number of aromatic nitrogens is 2. The molecule has 1 aromatic heterocycles. The van der Waals surface area contributed by atoms with Crippen molar-refractivity contribution in [3.05, 3.63) is 29.8 Å². The molecule has 0 atom stereocenters. The second-order valence-corrected chi connectivity index (χ2v) is 2.82. The lowest BCUT2D eigenvalue weighted by molar-refractivity contribution is -0.109. The molecule has 0 radical (unpaired) electrons. The van der Waals surface area contributed by atoms with E-state index in [1.54, 1.807) is 12.1 Å². The fourth-order valence-corrected chi connectivity index (χ4v) is 1.27. The third-order valence-electron chi connectivity index (χ3n) is 1.87. The van der Waals surface area contributed by atoms with Gasteiger partial charge in [-0.15, -0.1) is 0 Å². The van der Waals surface area contributed by atoms with Crippen molar-refractivity contribution in [1.29, 1.82) is 0 Å². The molecular weight excluding hydrogens is 185 g/mol. The molecule has 2 aromatic rings. The number of benzene rings is 1. The molecule has 5 heteroatoms. The fraction of sp³-hybridized carbons (Fsp3) is 0.111. The highest BCUT2D eigenvalue weighted by molar-refractivity contribution is 5.75. The standard InChI is InChI=1S/C9H8FN3O/c10-6-2-1-3-7-9(6)13-8(12-7)4-11-5-14/h1-3,5H,4H2,(H,11,14)(H,12,13). The maximum absolute atomic E-state index is 13.1. The van der Waals surface area contributed by atoms with Crippen molar-refractivity contribution >= 4 is 17.4 Å². The van der Waals surface area contributed by atoms with Crippen molar-refractivity contribution in [2.24, 2.45) is 0 Å². The average molecular weight is 193 g/mol. The molecule has 1 heterocycles. The smallest absolute Gasteiger partial charge is 0.207 e. The van der Waals surface area contributed by atoms with Crippen LogP contribution in [0.5, 0.6) is 0 Å². The topological polar surface area (TPSA) is 57.8 Å². The first-order chi connectivity index (χ1) is 6.81. The van der Waals surface area contributed by atoms with Crippen LogP contribution < -0.4 is 5.32 Å². The van der Waals surface area contributed by atoms with E-state index in [9.17, 15) is 9.18 Å². The van der Waals surface area contributed by atoms with Crippen LogP contribution >= 0.6 is 0 Å². The number of rotatable bonds is 3. The quantitative estimate of drug-likeness (QED) is 0.713. The van der Waals surface area contributed by atoms with Crippen LogP contribution in [0.25, 0.3) is 11.0 Å². The summed E-state index contributed by atoms with van der Waals surface area (Å²) in [4.78, 5) is 16.9. The predicted molar refractivity (Wildman–Crippen MR) is 49.0 cm³/mol. The zero-order valence-electron chi connectivity index (χ0n) is 7.25. The summed E-state index contributed by atoms with van der Waals surface area (Å²) < 4.78 is 13.1. The number of carbonyl (C=O) groups excluding carboxylic acids is 1. The molecule has 0 unspecified atom stereocenters. The summed E-state index contributed by atoms with van der Waals surface area (Å²) in [6, 6.07) is 4.68. The Morgan fingerprint density at radius 2 is 2.43 bits per heavy atom. The first-order valence-electron chi connectivity index (χ1n) is 4.11. The average Bonchev–Trinajstić information content (AvgIpc) is 2.59. The van der Waals surface area contributed by atoms with Crippen molar-refractivity contribution < 1.29 is 9.18 Å². The highest BCUT2D eigenvalue weighted by Crippen LogP contribution is 2.14. The van der Waals surface area contributed by atoms with Crippen LogP contribution in [0.4, 0.5) is 4.39 Å². The molecule has 0 aliphatic carbocycles. The van der Waals surface area contributed by atoms with Crippen molar-refractivity contribution in [2.75, 3.05) is 0 Å². The summed E-state index contributed by atoms with van der Waals surface area (Å²) in [7, 11) is 0. The van der Waals surface area contributed by atoms with Gasteiger partial charge in [-0.3, -0.25) is 4.79 Å². The molecular formula is C9H8FN3O. The normalized spacial score (nSPS) is 10.4. The van der Waals surface area contributed by atoms with Gasteiger partial charge >= 0.3 is 0 Å². The molecule has 4 nitrogen and oxygen atoms in total. The van der Waals surface area contributed by atoms with Crippen molar-refractivity contribution in [2.45, 2.75) is 6.54 Å². The van der Waals surface area contributed by atoms with Crippen LogP contribution in [0.3, 0.4) is 0 Å². The Balaban J connectivity index is 2.41. The predicted octanol–water partition coefficient (Wildman–Crippen LogP) is 0.948. The maximum Gasteiger partial charge on any atom is 0.207 e. The number of nitrogens with one attached hydrogen (secondary N) is 2. The summed E-state index contributed by atoms with van der Waals surface area (Å²) in [5.41, 5.74) is 0.933. The minimum Gasteiger partial charge on any atom is -0.351 e. The second-order valence-electron chi connectivity index (χ2n) is 2.82. The second kappa shape index (κ2) is 3.45. The molecule has 0 saturated carbocycles. The Hall–Kier alpha value is -1.91. The molecule has 2 N–H and O–H groups in total. The van der Waals surface area contributed by atoms with E-state index in [0.717, 1.165) is 0 Å². The highest BCUT2D eigenvalue weighted by atomic mass is 19.1. The molecule has 0 saturated heterocycles. The van der Waals surface area contributed by atoms with Crippen LogP contribution in [0.2, 0.25) is 0 Å². The van der Waals surface area contributed by atoms with E-state index in [-0.39, 0.29) is 12.4 Å². The third kappa shape index (κ3) is 1.44. The molecule has 14 heavy (non-hydrogen) atoms. The van der Waals surface area contributed by atoms with Crippen LogP contribution in [-0.4, -0.2) is 16.4 Å². The van der Waals surface area contributed by atoms with Crippen molar-refractivity contribution in [3.8, 4) is 0 Å². The number of amides is 1. The molecule has 72 valence electrons. The number of carbonyl (C=O) groups is 1. The lowest BCUT2D eigenvalue weighted by Gasteiger charge is -1.90. The molecule has 0 bridgehead atoms. The van der Waals surface area contributed by atoms with E-state index in [4.69, 9.17) is 0 Å². The summed E-state index contributed by atoms with van der Waals surface area (Å²) in [6.45, 7) is 0.275. The van der Waals surface area contributed by atoms with Crippen LogP contribution in [-0.2, 0) is 11.3 Å². The number of para-hydroxylation sites is 1. The molecule has 0 aliphatic heterocycles. The first-order valence-corrected chi connectivity index (χ1v) is 4.11. The summed E-state index contributed by atoms with van der Waals surface area (Å²) in [6.07, 6.45) is 0.573. The lowest BCUT2D eigenvalue weighted by Crippen LogP contribution is -2.10. The number of halogens is 1. The first kappa shape index (κ1) is 8.68. The van der Waals surface area contributed by atoms with Gasteiger partial charge in [0, 0.05) is 0 Å². The Morgan fingerprint density at radius 1 is 1.57 bits per heavy atom. The van der Waals surface area contributed by atoms with Gasteiger partial charge in [-0.25, -0.2) is 9.37 Å². The van der Waals surface area contributed by atoms with Gasteiger partial charge in [0.1, 0.15) is 11.3 Å². The van der Waals surface area contributed by atoms with E-state index in [1.165, 1.54) is 6.07 Å². The van der Waals surface area contributed by atoms with E-state index in [0.29, 0.717) is 23.3 Å². The van der Waals surface area contributed by atoms with E-state index >= 15 is 0 Å². The van der Waals surface area contributed by atoms with Crippen LogP contribution in [0, 0.1) is 5.82 Å². The summed E-state index contributed by atoms with van der Waals surface area (Å²) in [5, 5.41) is 2.45. The Kier molecular flexibility index (Phi) is 2.14. The van der Waals surface area contributed by atoms with E-state index in [2.05, 4.69) is 15.3 Å². The zero-order chi connectivity index (χ0) is 9.97. The Labute approximate surface area is 79.1 Å². The highest BCUT2D eigenvalue weighted by Gasteiger charge is 2.05. The molecule has 0 fully saturated rings. The van der Waals surface area contributed by atoms with Gasteiger partial charge in [-0.2, -0.15) is 0 Å². The minimum atomic E-state index is -0.365. The number of aromatic amines is 1. The van der Waals surface area contributed by atoms with Crippen molar-refractivity contribution in [1.82, 2.24) is 15.3 Å². The van der Waals surface area contributed by atoms with Gasteiger partial charge in [0.15, 0.2) is 5.82 Å². The largest absolute Gasteiger partial charge is 0.351 e. The van der Waals surface area contributed by atoms with Crippen LogP contribution in [0.15, 0.2) is 18.2 Å². The molecule has 1 aromatic carbocycles. The zero-order valence-corrected chi connectivity index (χ0v) is 7.25. The third-order valence-corrected chi connectivity index (χ3v) is 1.87. The number of nitrogens with zero attached hydrogens (tertiary/aromatic N) is 1. The summed E-state index contributed by atoms with van der Waals surface area (Å²) >= 11 is 0. The SMILES string of the molecule is O=CNCc1nc2c(F)cccc2[nH]1. The van der Waals surface area contributed by atoms with E-state index in [1.807, 2.05) is 0 Å². The summed E-state index contributed by atoms with van der Waals surface area (Å²) in [5.74, 6) is 0.174. The number of hydrogen-bond donors (Lipinski definition) is 2. The number of imidazole rings is 1. The van der Waals surface area contributed by atoms with Gasteiger partial charge in [0.2, 0.25) is 6.41 Å². The monoisotopic (exact) mass is 193 g/mol. The Bertz CT molecular complexity index is 466. The molecule has 2 rings (SSSR count).